The maximum absolute atomic E-state index is 10.3. The molecule has 0 aromatic carbocycles. The van der Waals surface area contributed by atoms with E-state index in [4.69, 9.17) is 5.11 Å². The van der Waals surface area contributed by atoms with Gasteiger partial charge in [0.1, 0.15) is 0 Å². The molecule has 0 aromatic heterocycles. The molecular weight excluding hydrogens is 280 g/mol. The summed E-state index contributed by atoms with van der Waals surface area (Å²) in [6.45, 7) is 2.15. The minimum atomic E-state index is -0.732. The SMILES string of the molecule is CCCCCC(O)CCC(O)CCC=CCCCCC(=O)O. The number of hydrogen-bond acceptors (Lipinski definition) is 3. The van der Waals surface area contributed by atoms with Crippen LogP contribution in [0.3, 0.4) is 0 Å². The largest absolute Gasteiger partial charge is 0.481 e. The van der Waals surface area contributed by atoms with Gasteiger partial charge >= 0.3 is 5.97 Å². The second kappa shape index (κ2) is 15.0. The van der Waals surface area contributed by atoms with Crippen molar-refractivity contribution >= 4 is 5.97 Å². The summed E-state index contributed by atoms with van der Waals surface area (Å²) >= 11 is 0. The Morgan fingerprint density at radius 1 is 0.864 bits per heavy atom. The van der Waals surface area contributed by atoms with Crippen molar-refractivity contribution in [2.24, 2.45) is 0 Å². The van der Waals surface area contributed by atoms with Crippen LogP contribution in [0.25, 0.3) is 0 Å². The number of unbranched alkanes of at least 4 members (excludes halogenated alkanes) is 4. The van der Waals surface area contributed by atoms with Gasteiger partial charge in [-0.3, -0.25) is 4.79 Å². The monoisotopic (exact) mass is 314 g/mol. The molecule has 0 saturated heterocycles. The molecule has 0 rings (SSSR count). The fraction of sp³-hybridized carbons (Fsp3) is 0.833. The predicted octanol–water partition coefficient (Wildman–Crippen LogP) is 4.05. The van der Waals surface area contributed by atoms with Crippen LogP contribution in [-0.4, -0.2) is 33.5 Å². The molecule has 2 atom stereocenters. The van der Waals surface area contributed by atoms with E-state index >= 15 is 0 Å². The van der Waals surface area contributed by atoms with E-state index in [1.54, 1.807) is 0 Å². The Balaban J connectivity index is 3.44. The molecule has 0 aromatic rings. The van der Waals surface area contributed by atoms with Crippen LogP contribution in [0, 0.1) is 0 Å². The zero-order valence-corrected chi connectivity index (χ0v) is 14.0. The van der Waals surface area contributed by atoms with Gasteiger partial charge in [-0.25, -0.2) is 0 Å². The Hall–Kier alpha value is -0.870. The molecule has 0 saturated carbocycles. The van der Waals surface area contributed by atoms with Gasteiger partial charge in [-0.05, 0) is 51.4 Å². The van der Waals surface area contributed by atoms with Gasteiger partial charge in [0.25, 0.3) is 0 Å². The molecule has 2 unspecified atom stereocenters. The maximum Gasteiger partial charge on any atom is 0.303 e. The van der Waals surface area contributed by atoms with Crippen LogP contribution in [0.4, 0.5) is 0 Å². The van der Waals surface area contributed by atoms with Gasteiger partial charge in [0.2, 0.25) is 0 Å². The highest BCUT2D eigenvalue weighted by Gasteiger charge is 2.08. The summed E-state index contributed by atoms with van der Waals surface area (Å²) in [7, 11) is 0. The van der Waals surface area contributed by atoms with Crippen LogP contribution in [0.5, 0.6) is 0 Å². The Morgan fingerprint density at radius 2 is 1.50 bits per heavy atom. The molecule has 0 spiro atoms. The Bertz CT molecular complexity index is 289. The van der Waals surface area contributed by atoms with Crippen LogP contribution < -0.4 is 0 Å². The fourth-order valence-electron chi connectivity index (χ4n) is 2.37. The van der Waals surface area contributed by atoms with E-state index in [9.17, 15) is 15.0 Å². The summed E-state index contributed by atoms with van der Waals surface area (Å²) in [5, 5.41) is 28.2. The van der Waals surface area contributed by atoms with E-state index in [0.29, 0.717) is 12.8 Å². The molecule has 0 aliphatic rings. The highest BCUT2D eigenvalue weighted by Crippen LogP contribution is 2.12. The van der Waals surface area contributed by atoms with E-state index in [1.165, 1.54) is 0 Å². The molecule has 0 aliphatic carbocycles. The van der Waals surface area contributed by atoms with Crippen molar-refractivity contribution in [3.63, 3.8) is 0 Å². The third-order valence-electron chi connectivity index (χ3n) is 3.82. The topological polar surface area (TPSA) is 77.8 Å². The van der Waals surface area contributed by atoms with E-state index in [1.807, 2.05) is 0 Å². The lowest BCUT2D eigenvalue weighted by Gasteiger charge is -2.13. The molecule has 4 nitrogen and oxygen atoms in total. The predicted molar refractivity (Wildman–Crippen MR) is 89.9 cm³/mol. The summed E-state index contributed by atoms with van der Waals surface area (Å²) in [5.74, 6) is -0.732. The van der Waals surface area contributed by atoms with Gasteiger partial charge in [-0.15, -0.1) is 0 Å². The number of hydrogen-bond donors (Lipinski definition) is 3. The van der Waals surface area contributed by atoms with Crippen LogP contribution >= 0.6 is 0 Å². The highest BCUT2D eigenvalue weighted by molar-refractivity contribution is 5.66. The normalized spacial score (nSPS) is 14.3. The minimum absolute atomic E-state index is 0.243. The van der Waals surface area contributed by atoms with Crippen LogP contribution in [0.15, 0.2) is 12.2 Å². The van der Waals surface area contributed by atoms with Crippen LogP contribution in [0.1, 0.15) is 84.0 Å². The Morgan fingerprint density at radius 3 is 2.14 bits per heavy atom. The van der Waals surface area contributed by atoms with E-state index < -0.39 is 5.97 Å². The molecule has 0 fully saturated rings. The first-order valence-corrected chi connectivity index (χ1v) is 8.79. The van der Waals surface area contributed by atoms with Crippen LogP contribution in [-0.2, 0) is 4.79 Å². The number of aliphatic hydroxyl groups is 2. The number of aliphatic carboxylic acids is 1. The summed E-state index contributed by atoms with van der Waals surface area (Å²) in [4.78, 5) is 10.3. The van der Waals surface area contributed by atoms with Crippen molar-refractivity contribution in [3.8, 4) is 0 Å². The van der Waals surface area contributed by atoms with Crippen molar-refractivity contribution in [3.05, 3.63) is 12.2 Å². The van der Waals surface area contributed by atoms with Crippen molar-refractivity contribution in [2.75, 3.05) is 0 Å². The van der Waals surface area contributed by atoms with Gasteiger partial charge in [-0.1, -0.05) is 38.3 Å². The second-order valence-electron chi connectivity index (χ2n) is 6.07. The number of rotatable bonds is 15. The smallest absolute Gasteiger partial charge is 0.303 e. The molecule has 4 heteroatoms. The molecule has 0 bridgehead atoms. The fourth-order valence-corrected chi connectivity index (χ4v) is 2.37. The van der Waals surface area contributed by atoms with Gasteiger partial charge in [0.05, 0.1) is 12.2 Å². The summed E-state index contributed by atoms with van der Waals surface area (Å²) in [6.07, 6.45) is 13.4. The molecule has 3 N–H and O–H groups in total. The maximum atomic E-state index is 10.3. The first-order valence-electron chi connectivity index (χ1n) is 8.79. The summed E-state index contributed by atoms with van der Waals surface area (Å²) < 4.78 is 0. The molecule has 0 amide bonds. The van der Waals surface area contributed by atoms with E-state index in [0.717, 1.165) is 57.8 Å². The quantitative estimate of drug-likeness (QED) is 0.315. The number of carbonyl (C=O) groups is 1. The van der Waals surface area contributed by atoms with E-state index in [-0.39, 0.29) is 18.6 Å². The van der Waals surface area contributed by atoms with Gasteiger partial charge in [0.15, 0.2) is 0 Å². The van der Waals surface area contributed by atoms with Crippen LogP contribution in [0.2, 0.25) is 0 Å². The zero-order valence-electron chi connectivity index (χ0n) is 14.0. The Kier molecular flexibility index (Phi) is 14.4. The second-order valence-corrected chi connectivity index (χ2v) is 6.07. The first-order chi connectivity index (χ1) is 10.6. The molecule has 22 heavy (non-hydrogen) atoms. The lowest BCUT2D eigenvalue weighted by atomic mass is 10.0. The average Bonchev–Trinajstić information content (AvgIpc) is 2.47. The first kappa shape index (κ1) is 21.1. The standard InChI is InChI=1S/C18H34O4/c1-2-3-8-11-16(19)14-15-17(20)12-9-6-4-5-7-10-13-18(21)22/h4,6,16-17,19-20H,2-3,5,7-15H2,1H3,(H,21,22). The van der Waals surface area contributed by atoms with E-state index in [2.05, 4.69) is 19.1 Å². The van der Waals surface area contributed by atoms with Gasteiger partial charge in [-0.2, -0.15) is 0 Å². The number of carboxylic acids is 1. The van der Waals surface area contributed by atoms with Crippen molar-refractivity contribution < 1.29 is 20.1 Å². The lowest BCUT2D eigenvalue weighted by Crippen LogP contribution is -2.13. The molecule has 130 valence electrons. The lowest BCUT2D eigenvalue weighted by molar-refractivity contribution is -0.137. The number of aliphatic hydroxyl groups excluding tert-OH is 2. The Labute approximate surface area is 135 Å². The molecule has 0 radical (unpaired) electrons. The van der Waals surface area contributed by atoms with Gasteiger partial charge in [0, 0.05) is 6.42 Å². The molecule has 0 aliphatic heterocycles. The molecular formula is C18H34O4. The average molecular weight is 314 g/mol. The third kappa shape index (κ3) is 15.5. The minimum Gasteiger partial charge on any atom is -0.481 e. The zero-order chi connectivity index (χ0) is 16.6. The van der Waals surface area contributed by atoms with Gasteiger partial charge < -0.3 is 15.3 Å². The summed E-state index contributed by atoms with van der Waals surface area (Å²) in [6, 6.07) is 0. The summed E-state index contributed by atoms with van der Waals surface area (Å²) in [5.41, 5.74) is 0. The van der Waals surface area contributed by atoms with Crippen molar-refractivity contribution in [1.82, 2.24) is 0 Å². The third-order valence-corrected chi connectivity index (χ3v) is 3.82. The number of allylic oxidation sites excluding steroid dienone is 2. The van der Waals surface area contributed by atoms with Crippen molar-refractivity contribution in [1.29, 1.82) is 0 Å². The highest BCUT2D eigenvalue weighted by atomic mass is 16.4. The number of carboxylic acid groups (broad SMARTS) is 1. The molecule has 0 heterocycles. The van der Waals surface area contributed by atoms with Crippen molar-refractivity contribution in [2.45, 2.75) is 96.2 Å².